The second-order valence-electron chi connectivity index (χ2n) is 39.1. The van der Waals surface area contributed by atoms with Crippen molar-refractivity contribution in [1.82, 2.24) is 14.7 Å². The first-order valence-electron chi connectivity index (χ1n) is 56.3. The molecule has 0 aliphatic carbocycles. The molecule has 0 bridgehead atoms. The highest BCUT2D eigenvalue weighted by Gasteiger charge is 2.06. The fourth-order valence-corrected chi connectivity index (χ4v) is 17.9. The molecule has 3 N–H and O–H groups in total. The molecule has 714 valence electrons. The summed E-state index contributed by atoms with van der Waals surface area (Å²) in [4.78, 5) is 7.77. The molecule has 0 spiro atoms. The van der Waals surface area contributed by atoms with Crippen LogP contribution in [0.3, 0.4) is 0 Å². The lowest BCUT2D eigenvalue weighted by molar-refractivity contribution is 0.278. The number of unbranched alkanes of at least 4 members (excludes halogenated alkanes) is 90. The van der Waals surface area contributed by atoms with Crippen LogP contribution in [-0.4, -0.2) is 97.5 Å². The lowest BCUT2D eigenvalue weighted by atomic mass is 10.0. The molecule has 118 heavy (non-hydrogen) atoms. The van der Waals surface area contributed by atoms with Crippen LogP contribution in [-0.2, 0) is 0 Å². The molecule has 0 aromatic heterocycles. The monoisotopic (exact) mass is 1670 g/mol. The average molecular weight is 1670 g/mol. The maximum atomic E-state index is 7.17. The summed E-state index contributed by atoms with van der Waals surface area (Å²) in [6, 6.07) is 0. The van der Waals surface area contributed by atoms with E-state index in [4.69, 9.17) is 15.1 Å². The Morgan fingerprint density at radius 3 is 0.220 bits per heavy atom. The van der Waals surface area contributed by atoms with E-state index in [1.54, 1.807) is 0 Å². The van der Waals surface area contributed by atoms with Gasteiger partial charge in [0.25, 0.3) is 0 Å². The lowest BCUT2D eigenvalue weighted by Gasteiger charge is -2.16. The van der Waals surface area contributed by atoms with Gasteiger partial charge in [-0.15, -0.1) is 0 Å². The van der Waals surface area contributed by atoms with Crippen LogP contribution in [0.4, 0.5) is 0 Å². The van der Waals surface area contributed by atoms with E-state index in [0.717, 1.165) is 0 Å². The standard InChI is InChI=1S/3C37H77N.BH3O3/c3*1-4-6-8-10-12-14-16-18-20-22-24-26-28-30-32-34-36-38(3)37-35-33-31-29-27-25-23-21-19-17-15-13-11-9-7-5-2;2-1(3)4/h3*4-37H2,1-3H3;2-4H. The highest BCUT2D eigenvalue weighted by atomic mass is 16.5. The van der Waals surface area contributed by atoms with Crippen LogP contribution in [0, 0.1) is 0 Å². The minimum Gasteiger partial charge on any atom is -0.402 e. The van der Waals surface area contributed by atoms with Crippen LogP contribution >= 0.6 is 0 Å². The van der Waals surface area contributed by atoms with Crippen molar-refractivity contribution in [2.24, 2.45) is 0 Å². The van der Waals surface area contributed by atoms with Crippen LogP contribution in [0.5, 0.6) is 0 Å². The maximum Gasteiger partial charge on any atom is 0.631 e. The van der Waals surface area contributed by atoms with Crippen LogP contribution in [0.15, 0.2) is 0 Å². The summed E-state index contributed by atoms with van der Waals surface area (Å²) in [5.41, 5.74) is 0. The van der Waals surface area contributed by atoms with Crippen molar-refractivity contribution >= 4 is 7.32 Å². The van der Waals surface area contributed by atoms with Gasteiger partial charge in [0.05, 0.1) is 0 Å². The van der Waals surface area contributed by atoms with Crippen LogP contribution in [0.25, 0.3) is 0 Å². The summed E-state index contributed by atoms with van der Waals surface area (Å²) in [5, 5.41) is 21.5. The van der Waals surface area contributed by atoms with Gasteiger partial charge in [0.15, 0.2) is 0 Å². The first-order valence-corrected chi connectivity index (χ1v) is 56.3. The van der Waals surface area contributed by atoms with Crippen molar-refractivity contribution in [3.05, 3.63) is 0 Å². The molecule has 7 heteroatoms. The van der Waals surface area contributed by atoms with Crippen molar-refractivity contribution in [3.8, 4) is 0 Å². The van der Waals surface area contributed by atoms with Crippen molar-refractivity contribution in [1.29, 1.82) is 0 Å². The zero-order chi connectivity index (χ0) is 86.4. The largest absolute Gasteiger partial charge is 0.631 e. The zero-order valence-corrected chi connectivity index (χ0v) is 84.4. The minimum atomic E-state index is -2.17. The van der Waals surface area contributed by atoms with E-state index >= 15 is 0 Å². The van der Waals surface area contributed by atoms with Crippen molar-refractivity contribution in [2.45, 2.75) is 658 Å². The van der Waals surface area contributed by atoms with Gasteiger partial charge in [0.2, 0.25) is 0 Å². The second-order valence-corrected chi connectivity index (χ2v) is 39.1. The molecule has 0 rings (SSSR count). The van der Waals surface area contributed by atoms with Crippen molar-refractivity contribution in [2.75, 3.05) is 60.4 Å². The molecule has 0 saturated carbocycles. The Kier molecular flexibility index (Phi) is 127. The molecular formula is C111H234BN3O3. The summed E-state index contributed by atoms with van der Waals surface area (Å²) < 4.78 is 0. The fraction of sp³-hybridized carbons (Fsp3) is 1.00. The number of nitrogens with zero attached hydrogens (tertiary/aromatic N) is 3. The normalized spacial score (nSPS) is 11.5. The number of hydrogen-bond donors (Lipinski definition) is 3. The van der Waals surface area contributed by atoms with Crippen molar-refractivity contribution < 1.29 is 15.1 Å². The summed E-state index contributed by atoms with van der Waals surface area (Å²) in [5.74, 6) is 0. The SMILES string of the molecule is CCCCCCCCCCCCCCCCCCN(C)CCCCCCCCCCCCCCCCCC.CCCCCCCCCCCCCCCCCCN(C)CCCCCCCCCCCCCCCCCC.CCCCCCCCCCCCCCCCCCN(C)CCCCCCCCCCCCCCCCCC.OB(O)O. The maximum absolute atomic E-state index is 7.17. The molecule has 0 aromatic rings. The molecule has 0 atom stereocenters. The zero-order valence-electron chi connectivity index (χ0n) is 84.4. The molecule has 0 amide bonds. The van der Waals surface area contributed by atoms with Crippen LogP contribution in [0.1, 0.15) is 658 Å². The predicted octanol–water partition coefficient (Wildman–Crippen LogP) is 38.3. The molecule has 0 radical (unpaired) electrons. The fourth-order valence-electron chi connectivity index (χ4n) is 17.9. The van der Waals surface area contributed by atoms with Crippen LogP contribution in [0.2, 0.25) is 0 Å². The van der Waals surface area contributed by atoms with Crippen LogP contribution < -0.4 is 0 Å². The predicted molar refractivity (Wildman–Crippen MR) is 542 cm³/mol. The van der Waals surface area contributed by atoms with Gasteiger partial charge in [-0.25, -0.2) is 0 Å². The molecule has 0 aromatic carbocycles. The number of rotatable bonds is 102. The molecule has 0 unspecified atom stereocenters. The van der Waals surface area contributed by atoms with E-state index in [-0.39, 0.29) is 0 Å². The van der Waals surface area contributed by atoms with Gasteiger partial charge in [-0.2, -0.15) is 0 Å². The lowest BCUT2D eigenvalue weighted by Crippen LogP contribution is -2.20. The first kappa shape index (κ1) is 124. The Hall–Kier alpha value is -0.175. The molecule has 0 aliphatic heterocycles. The molecule has 0 heterocycles. The highest BCUT2D eigenvalue weighted by Crippen LogP contribution is 2.22. The smallest absolute Gasteiger partial charge is 0.402 e. The van der Waals surface area contributed by atoms with Gasteiger partial charge < -0.3 is 29.8 Å². The van der Waals surface area contributed by atoms with Crippen molar-refractivity contribution in [3.63, 3.8) is 0 Å². The molecule has 0 aliphatic rings. The van der Waals surface area contributed by atoms with E-state index in [9.17, 15) is 0 Å². The van der Waals surface area contributed by atoms with E-state index in [1.807, 2.05) is 0 Å². The average Bonchev–Trinajstić information content (AvgIpc) is 1.11. The van der Waals surface area contributed by atoms with Gasteiger partial charge in [-0.1, -0.05) is 619 Å². The minimum absolute atomic E-state index is 1.32. The Bertz CT molecular complexity index is 1320. The third kappa shape index (κ3) is 131. The Labute approximate surface area is 750 Å². The van der Waals surface area contributed by atoms with Gasteiger partial charge >= 0.3 is 7.32 Å². The van der Waals surface area contributed by atoms with Gasteiger partial charge in [0, 0.05) is 0 Å². The van der Waals surface area contributed by atoms with Gasteiger partial charge in [-0.05, 0) is 98.9 Å². The highest BCUT2D eigenvalue weighted by molar-refractivity contribution is 6.30. The Morgan fingerprint density at radius 2 is 0.161 bits per heavy atom. The quantitative estimate of drug-likeness (QED) is 0.0416. The summed E-state index contributed by atoms with van der Waals surface area (Å²) in [6.45, 7) is 21.7. The number of hydrogen-bond acceptors (Lipinski definition) is 6. The molecular weight excluding hydrogens is 1430 g/mol. The van der Waals surface area contributed by atoms with Gasteiger partial charge in [0.1, 0.15) is 0 Å². The third-order valence-corrected chi connectivity index (χ3v) is 26.4. The Morgan fingerprint density at radius 1 is 0.110 bits per heavy atom. The third-order valence-electron chi connectivity index (χ3n) is 26.4. The molecule has 0 fully saturated rings. The van der Waals surface area contributed by atoms with E-state index in [0.29, 0.717) is 0 Å². The Balaban J connectivity index is -0.000000806. The topological polar surface area (TPSA) is 70.4 Å². The first-order chi connectivity index (χ1) is 58.2. The second kappa shape index (κ2) is 121. The van der Waals surface area contributed by atoms with E-state index in [2.05, 4.69) is 77.4 Å². The molecule has 0 saturated heterocycles. The summed E-state index contributed by atoms with van der Waals surface area (Å²) in [7, 11) is 4.86. The summed E-state index contributed by atoms with van der Waals surface area (Å²) in [6.07, 6.45) is 140. The van der Waals surface area contributed by atoms with E-state index < -0.39 is 7.32 Å². The molecule has 6 nitrogen and oxygen atoms in total. The summed E-state index contributed by atoms with van der Waals surface area (Å²) >= 11 is 0. The van der Waals surface area contributed by atoms with E-state index in [1.165, 1.54) is 656 Å². The van der Waals surface area contributed by atoms with Gasteiger partial charge in [-0.3, -0.25) is 0 Å².